The van der Waals surface area contributed by atoms with E-state index in [0.29, 0.717) is 16.7 Å². The van der Waals surface area contributed by atoms with Gasteiger partial charge in [0.2, 0.25) is 4.77 Å². The first-order chi connectivity index (χ1) is 5.79. The van der Waals surface area contributed by atoms with Crippen molar-refractivity contribution in [3.8, 4) is 0 Å². The molecule has 1 fully saturated rings. The van der Waals surface area contributed by atoms with Crippen molar-refractivity contribution in [2.24, 2.45) is 5.92 Å². The Bertz CT molecular complexity index is 315. The lowest BCUT2D eigenvalue weighted by molar-refractivity contribution is 0.363. The Kier molecular flexibility index (Phi) is 1.96. The average Bonchev–Trinajstić information content (AvgIpc) is 2.59. The van der Waals surface area contributed by atoms with Crippen LogP contribution in [-0.4, -0.2) is 20.2 Å². The van der Waals surface area contributed by atoms with Crippen LogP contribution in [0.25, 0.3) is 0 Å². The zero-order valence-corrected chi connectivity index (χ0v) is 7.84. The van der Waals surface area contributed by atoms with Gasteiger partial charge in [0.1, 0.15) is 0 Å². The molecule has 4 nitrogen and oxygen atoms in total. The van der Waals surface area contributed by atoms with Gasteiger partial charge >= 0.3 is 0 Å². The number of nitrogens with one attached hydrogen (secondary N) is 1. The highest BCUT2D eigenvalue weighted by atomic mass is 32.1. The van der Waals surface area contributed by atoms with E-state index < -0.39 is 0 Å². The van der Waals surface area contributed by atoms with Crippen molar-refractivity contribution in [1.82, 2.24) is 20.2 Å². The number of tetrazole rings is 1. The second kappa shape index (κ2) is 2.97. The monoisotopic (exact) mass is 184 g/mol. The van der Waals surface area contributed by atoms with Crippen molar-refractivity contribution in [2.45, 2.75) is 32.2 Å². The zero-order valence-electron chi connectivity index (χ0n) is 7.03. The summed E-state index contributed by atoms with van der Waals surface area (Å²) < 4.78 is 2.49. The fraction of sp³-hybridized carbons (Fsp3) is 0.857. The van der Waals surface area contributed by atoms with E-state index in [2.05, 4.69) is 22.4 Å². The van der Waals surface area contributed by atoms with Crippen LogP contribution in [0.4, 0.5) is 0 Å². The molecule has 0 aromatic carbocycles. The summed E-state index contributed by atoms with van der Waals surface area (Å²) in [6.45, 7) is 2.25. The van der Waals surface area contributed by atoms with Gasteiger partial charge in [-0.2, -0.15) is 5.21 Å². The first-order valence-electron chi connectivity index (χ1n) is 4.28. The lowest BCUT2D eigenvalue weighted by Crippen LogP contribution is -2.13. The Balaban J connectivity index is 2.30. The molecule has 1 N–H and O–H groups in total. The maximum Gasteiger partial charge on any atom is 0.238 e. The molecule has 0 bridgehead atoms. The third-order valence-electron chi connectivity index (χ3n) is 2.64. The number of nitrogens with zero attached hydrogens (tertiary/aromatic N) is 3. The maximum atomic E-state index is 5.03. The van der Waals surface area contributed by atoms with Crippen molar-refractivity contribution in [3.63, 3.8) is 0 Å². The smallest absolute Gasteiger partial charge is 0.238 e. The highest BCUT2D eigenvalue weighted by Crippen LogP contribution is 2.34. The van der Waals surface area contributed by atoms with Crippen molar-refractivity contribution in [3.05, 3.63) is 4.77 Å². The average molecular weight is 184 g/mol. The Labute approximate surface area is 76.0 Å². The van der Waals surface area contributed by atoms with E-state index in [1.807, 2.05) is 4.68 Å². The molecule has 1 heterocycles. The van der Waals surface area contributed by atoms with E-state index in [9.17, 15) is 0 Å². The van der Waals surface area contributed by atoms with Crippen LogP contribution in [0.1, 0.15) is 32.2 Å². The van der Waals surface area contributed by atoms with Crippen LogP contribution in [0, 0.1) is 10.7 Å². The van der Waals surface area contributed by atoms with Gasteiger partial charge in [-0.25, -0.2) is 4.68 Å². The van der Waals surface area contributed by atoms with Gasteiger partial charge in [0.15, 0.2) is 0 Å². The van der Waals surface area contributed by atoms with Crippen molar-refractivity contribution in [1.29, 1.82) is 0 Å². The molecule has 2 unspecified atom stereocenters. The topological polar surface area (TPSA) is 46.5 Å². The number of H-pyrrole nitrogens is 1. The number of hydrogen-bond donors (Lipinski definition) is 1. The summed E-state index contributed by atoms with van der Waals surface area (Å²) in [6.07, 6.45) is 3.76. The molecule has 1 aliphatic carbocycles. The summed E-state index contributed by atoms with van der Waals surface area (Å²) in [5, 5.41) is 10.3. The van der Waals surface area contributed by atoms with E-state index >= 15 is 0 Å². The van der Waals surface area contributed by atoms with Gasteiger partial charge in [-0.3, -0.25) is 0 Å². The molecule has 2 atom stereocenters. The van der Waals surface area contributed by atoms with Gasteiger partial charge in [0, 0.05) is 0 Å². The van der Waals surface area contributed by atoms with Gasteiger partial charge < -0.3 is 0 Å². The quantitative estimate of drug-likeness (QED) is 0.676. The van der Waals surface area contributed by atoms with E-state index in [1.165, 1.54) is 19.3 Å². The minimum Gasteiger partial charge on any atom is -0.239 e. The van der Waals surface area contributed by atoms with Crippen molar-refractivity contribution < 1.29 is 0 Å². The number of aromatic amines is 1. The lowest BCUT2D eigenvalue weighted by Gasteiger charge is -2.14. The van der Waals surface area contributed by atoms with Gasteiger partial charge in [0.25, 0.3) is 0 Å². The van der Waals surface area contributed by atoms with Gasteiger partial charge in [-0.15, -0.1) is 0 Å². The Morgan fingerprint density at radius 3 is 2.92 bits per heavy atom. The normalized spacial score (nSPS) is 29.4. The molecule has 0 spiro atoms. The van der Waals surface area contributed by atoms with Crippen molar-refractivity contribution >= 4 is 12.2 Å². The van der Waals surface area contributed by atoms with Crippen LogP contribution >= 0.6 is 12.2 Å². The third kappa shape index (κ3) is 1.18. The number of rotatable bonds is 1. The van der Waals surface area contributed by atoms with Gasteiger partial charge in [0.05, 0.1) is 6.04 Å². The standard InChI is InChI=1S/C7H12N4S/c1-5-3-2-4-6(5)11-7(12)8-9-10-11/h5-6H,2-4H2,1H3,(H,8,10,12). The minimum atomic E-state index is 0.493. The number of aromatic nitrogens is 4. The Hall–Kier alpha value is -0.710. The van der Waals surface area contributed by atoms with Gasteiger partial charge in [-0.1, -0.05) is 23.7 Å². The second-order valence-electron chi connectivity index (χ2n) is 3.43. The van der Waals surface area contributed by atoms with E-state index in [0.717, 1.165) is 0 Å². The van der Waals surface area contributed by atoms with E-state index in [-0.39, 0.29) is 0 Å². The lowest BCUT2D eigenvalue weighted by atomic mass is 10.1. The predicted octanol–water partition coefficient (Wildman–Crippen LogP) is 1.70. The highest BCUT2D eigenvalue weighted by Gasteiger charge is 2.25. The second-order valence-corrected chi connectivity index (χ2v) is 3.79. The van der Waals surface area contributed by atoms with E-state index in [4.69, 9.17) is 12.2 Å². The summed E-state index contributed by atoms with van der Waals surface area (Å²) >= 11 is 5.03. The molecule has 66 valence electrons. The summed E-state index contributed by atoms with van der Waals surface area (Å²) in [7, 11) is 0. The van der Waals surface area contributed by atoms with Gasteiger partial charge in [-0.05, 0) is 31.0 Å². The zero-order chi connectivity index (χ0) is 8.55. The summed E-state index contributed by atoms with van der Waals surface area (Å²) in [5.41, 5.74) is 0. The molecule has 1 saturated carbocycles. The molecule has 2 rings (SSSR count). The summed E-state index contributed by atoms with van der Waals surface area (Å²) in [6, 6.07) is 0.493. The minimum absolute atomic E-state index is 0.493. The van der Waals surface area contributed by atoms with Crippen LogP contribution < -0.4 is 0 Å². The molecular formula is C7H12N4S. The van der Waals surface area contributed by atoms with Crippen molar-refractivity contribution in [2.75, 3.05) is 0 Å². The molecule has 0 amide bonds. The maximum absolute atomic E-state index is 5.03. The fourth-order valence-corrected chi connectivity index (χ4v) is 2.15. The number of hydrogen-bond acceptors (Lipinski definition) is 3. The van der Waals surface area contributed by atoms with Crippen LogP contribution in [0.15, 0.2) is 0 Å². The molecule has 1 aromatic heterocycles. The summed E-state index contributed by atoms with van der Waals surface area (Å²) in [5.74, 6) is 0.693. The van der Waals surface area contributed by atoms with Crippen LogP contribution in [0.2, 0.25) is 0 Å². The highest BCUT2D eigenvalue weighted by molar-refractivity contribution is 7.71. The molecule has 0 radical (unpaired) electrons. The summed E-state index contributed by atoms with van der Waals surface area (Å²) in [4.78, 5) is 0. The largest absolute Gasteiger partial charge is 0.239 e. The first-order valence-corrected chi connectivity index (χ1v) is 4.69. The molecular weight excluding hydrogens is 172 g/mol. The fourth-order valence-electron chi connectivity index (χ4n) is 1.93. The molecule has 5 heteroatoms. The van der Waals surface area contributed by atoms with E-state index in [1.54, 1.807) is 0 Å². The third-order valence-corrected chi connectivity index (χ3v) is 2.92. The molecule has 1 aliphatic rings. The first kappa shape index (κ1) is 7.91. The predicted molar refractivity (Wildman–Crippen MR) is 47.3 cm³/mol. The van der Waals surface area contributed by atoms with Crippen LogP contribution in [0.5, 0.6) is 0 Å². The Morgan fingerprint density at radius 2 is 2.42 bits per heavy atom. The van der Waals surface area contributed by atoms with Crippen LogP contribution in [0.3, 0.4) is 0 Å². The Morgan fingerprint density at radius 1 is 1.58 bits per heavy atom. The molecule has 12 heavy (non-hydrogen) atoms. The molecule has 0 aliphatic heterocycles. The molecule has 0 saturated heterocycles. The molecule has 1 aromatic rings. The van der Waals surface area contributed by atoms with Crippen LogP contribution in [-0.2, 0) is 0 Å². The SMILES string of the molecule is CC1CCCC1n1[nH]nnc1=S.